The van der Waals surface area contributed by atoms with E-state index < -0.39 is 10.0 Å². The third-order valence-corrected chi connectivity index (χ3v) is 8.66. The zero-order chi connectivity index (χ0) is 30.5. The fraction of sp³-hybridized carbons (Fsp3) is 0.219. The molecule has 0 radical (unpaired) electrons. The van der Waals surface area contributed by atoms with Crippen molar-refractivity contribution in [3.05, 3.63) is 91.0 Å². The summed E-state index contributed by atoms with van der Waals surface area (Å²) in [4.78, 5) is 18.4. The Morgan fingerprint density at radius 1 is 0.864 bits per heavy atom. The van der Waals surface area contributed by atoms with Crippen LogP contribution in [0.4, 0.5) is 23.0 Å². The Morgan fingerprint density at radius 2 is 1.55 bits per heavy atom. The number of carbonyl (C=O) groups excluding carboxylic acids is 1. The highest BCUT2D eigenvalue weighted by Crippen LogP contribution is 2.26. The first-order chi connectivity index (χ1) is 21.3. The van der Waals surface area contributed by atoms with Crippen molar-refractivity contribution in [3.63, 3.8) is 0 Å². The lowest BCUT2D eigenvalue weighted by molar-refractivity contribution is -0.114. The van der Waals surface area contributed by atoms with Crippen LogP contribution >= 0.6 is 0 Å². The largest absolute Gasteiger partial charge is 0.492 e. The number of likely N-dealkylation sites (tertiary alicyclic amines) is 1. The van der Waals surface area contributed by atoms with Crippen molar-refractivity contribution in [2.45, 2.75) is 24.7 Å². The van der Waals surface area contributed by atoms with Crippen molar-refractivity contribution < 1.29 is 17.9 Å². The number of rotatable bonds is 11. The summed E-state index contributed by atoms with van der Waals surface area (Å²) in [6.07, 6.45) is 2.55. The summed E-state index contributed by atoms with van der Waals surface area (Å²) < 4.78 is 36.0. The summed E-state index contributed by atoms with van der Waals surface area (Å²) in [6.45, 7) is 5.33. The maximum atomic E-state index is 12.9. The number of nitrogens with zero attached hydrogens (tertiary/aromatic N) is 4. The van der Waals surface area contributed by atoms with Crippen LogP contribution in [0.2, 0.25) is 0 Å². The zero-order valence-electron chi connectivity index (χ0n) is 24.2. The van der Waals surface area contributed by atoms with Crippen LogP contribution in [0.3, 0.4) is 0 Å². The Hall–Kier alpha value is -4.94. The van der Waals surface area contributed by atoms with E-state index in [2.05, 4.69) is 30.3 Å². The SMILES string of the molecule is CC(=O)Nc1ccc(S(=O)(=O)Nc2ccc(-c3cccc4nc(Nc5ccc(OCCN6CCCC6)cc5)nn34)cc2)cc1. The van der Waals surface area contributed by atoms with Crippen LogP contribution in [0.15, 0.2) is 95.9 Å². The van der Waals surface area contributed by atoms with E-state index in [4.69, 9.17) is 4.74 Å². The van der Waals surface area contributed by atoms with Crippen molar-refractivity contribution in [2.75, 3.05) is 41.6 Å². The third-order valence-electron chi connectivity index (χ3n) is 7.26. The molecule has 0 bridgehead atoms. The number of hydrogen-bond acceptors (Lipinski definition) is 8. The van der Waals surface area contributed by atoms with Gasteiger partial charge in [0.25, 0.3) is 10.0 Å². The molecule has 1 amide bonds. The minimum Gasteiger partial charge on any atom is -0.492 e. The molecule has 0 spiro atoms. The number of carbonyl (C=O) groups is 1. The number of nitrogens with one attached hydrogen (secondary N) is 3. The summed E-state index contributed by atoms with van der Waals surface area (Å²) >= 11 is 0. The molecule has 1 aliphatic heterocycles. The Labute approximate surface area is 255 Å². The van der Waals surface area contributed by atoms with Gasteiger partial charge in [-0.1, -0.05) is 18.2 Å². The van der Waals surface area contributed by atoms with Crippen LogP contribution in [-0.4, -0.2) is 60.1 Å². The molecule has 44 heavy (non-hydrogen) atoms. The van der Waals surface area contributed by atoms with Gasteiger partial charge < -0.3 is 15.4 Å². The molecular weight excluding hydrogens is 578 g/mol. The number of amides is 1. The fourth-order valence-corrected chi connectivity index (χ4v) is 6.14. The standard InChI is InChI=1S/C32H33N7O4S/c1-23(40)33-25-13-17-29(18-14-25)44(41,42)37-27-9-7-24(8-10-27)30-5-4-6-31-35-32(36-39(30)31)34-26-11-15-28(16-12-26)43-22-21-38-19-2-3-20-38/h4-18,37H,2-3,19-22H2,1H3,(H,33,40)(H,34,36). The maximum Gasteiger partial charge on any atom is 0.261 e. The quantitative estimate of drug-likeness (QED) is 0.182. The average Bonchev–Trinajstić information content (AvgIpc) is 3.68. The van der Waals surface area contributed by atoms with Gasteiger partial charge >= 0.3 is 0 Å². The predicted molar refractivity (Wildman–Crippen MR) is 171 cm³/mol. The number of anilines is 4. The number of aromatic nitrogens is 3. The zero-order valence-corrected chi connectivity index (χ0v) is 25.0. The Kier molecular flexibility index (Phi) is 8.44. The normalized spacial score (nSPS) is 13.6. The number of hydrogen-bond donors (Lipinski definition) is 3. The monoisotopic (exact) mass is 611 g/mol. The van der Waals surface area contributed by atoms with Crippen LogP contribution in [0.1, 0.15) is 19.8 Å². The first-order valence-corrected chi connectivity index (χ1v) is 15.9. The Bertz CT molecular complexity index is 1850. The van der Waals surface area contributed by atoms with Gasteiger partial charge in [-0.15, -0.1) is 5.10 Å². The van der Waals surface area contributed by atoms with E-state index in [-0.39, 0.29) is 10.8 Å². The molecule has 0 unspecified atom stereocenters. The van der Waals surface area contributed by atoms with E-state index in [0.29, 0.717) is 29.6 Å². The van der Waals surface area contributed by atoms with Crippen molar-refractivity contribution >= 4 is 44.6 Å². The summed E-state index contributed by atoms with van der Waals surface area (Å²) in [5.41, 5.74) is 4.08. The minimum atomic E-state index is -3.82. The Balaban J connectivity index is 1.11. The van der Waals surface area contributed by atoms with Gasteiger partial charge in [-0.05, 0) is 98.7 Å². The molecule has 0 saturated carbocycles. The van der Waals surface area contributed by atoms with Crippen molar-refractivity contribution in [1.82, 2.24) is 19.5 Å². The van der Waals surface area contributed by atoms with E-state index in [0.717, 1.165) is 42.3 Å². The molecule has 3 heterocycles. The van der Waals surface area contributed by atoms with Crippen LogP contribution in [0.5, 0.6) is 5.75 Å². The van der Waals surface area contributed by atoms with Crippen molar-refractivity contribution in [1.29, 1.82) is 0 Å². The molecule has 3 aromatic carbocycles. The number of benzene rings is 3. The smallest absolute Gasteiger partial charge is 0.261 e. The molecule has 0 aliphatic carbocycles. The third kappa shape index (κ3) is 6.99. The molecule has 1 saturated heterocycles. The maximum absolute atomic E-state index is 12.9. The highest BCUT2D eigenvalue weighted by atomic mass is 32.2. The second kappa shape index (κ2) is 12.7. The summed E-state index contributed by atoms with van der Waals surface area (Å²) in [5.74, 6) is 1.05. The topological polar surface area (TPSA) is 130 Å². The molecule has 5 aromatic rings. The van der Waals surface area contributed by atoms with Gasteiger partial charge in [0.05, 0.1) is 10.6 Å². The first-order valence-electron chi connectivity index (χ1n) is 14.4. The number of pyridine rings is 1. The van der Waals surface area contributed by atoms with Gasteiger partial charge in [-0.25, -0.2) is 12.9 Å². The molecule has 1 aliphatic rings. The van der Waals surface area contributed by atoms with E-state index >= 15 is 0 Å². The average molecular weight is 612 g/mol. The highest BCUT2D eigenvalue weighted by Gasteiger charge is 2.15. The van der Waals surface area contributed by atoms with E-state index in [1.54, 1.807) is 28.8 Å². The molecule has 226 valence electrons. The van der Waals surface area contributed by atoms with Crippen LogP contribution < -0.4 is 20.1 Å². The lowest BCUT2D eigenvalue weighted by Gasteiger charge is -2.15. The lowest BCUT2D eigenvalue weighted by atomic mass is 10.1. The molecular formula is C32H33N7O4S. The van der Waals surface area contributed by atoms with Crippen molar-refractivity contribution in [2.24, 2.45) is 0 Å². The summed E-state index contributed by atoms with van der Waals surface area (Å²) in [5, 5.41) is 10.5. The van der Waals surface area contributed by atoms with Crippen LogP contribution in [-0.2, 0) is 14.8 Å². The van der Waals surface area contributed by atoms with E-state index in [9.17, 15) is 13.2 Å². The van der Waals surface area contributed by atoms with Crippen molar-refractivity contribution in [3.8, 4) is 17.0 Å². The second-order valence-corrected chi connectivity index (χ2v) is 12.2. The number of fused-ring (bicyclic) bond motifs is 1. The van der Waals surface area contributed by atoms with Gasteiger partial charge in [0.2, 0.25) is 11.9 Å². The molecule has 0 atom stereocenters. The van der Waals surface area contributed by atoms with Gasteiger partial charge in [0.15, 0.2) is 5.65 Å². The van der Waals surface area contributed by atoms with E-state index in [1.165, 1.54) is 31.9 Å². The lowest BCUT2D eigenvalue weighted by Crippen LogP contribution is -2.25. The van der Waals surface area contributed by atoms with Gasteiger partial charge in [0.1, 0.15) is 12.4 Å². The summed E-state index contributed by atoms with van der Waals surface area (Å²) in [6, 6.07) is 26.5. The molecule has 3 N–H and O–H groups in total. The van der Waals surface area contributed by atoms with Gasteiger partial charge in [0, 0.05) is 36.1 Å². The summed E-state index contributed by atoms with van der Waals surface area (Å²) in [7, 11) is -3.82. The van der Waals surface area contributed by atoms with Crippen LogP contribution in [0.25, 0.3) is 16.9 Å². The molecule has 2 aromatic heterocycles. The highest BCUT2D eigenvalue weighted by molar-refractivity contribution is 7.92. The fourth-order valence-electron chi connectivity index (χ4n) is 5.08. The minimum absolute atomic E-state index is 0.0859. The number of ether oxygens (including phenoxy) is 1. The predicted octanol–water partition coefficient (Wildman–Crippen LogP) is 5.37. The Morgan fingerprint density at radius 3 is 2.25 bits per heavy atom. The molecule has 1 fully saturated rings. The second-order valence-electron chi connectivity index (χ2n) is 10.6. The number of sulfonamides is 1. The first kappa shape index (κ1) is 29.1. The van der Waals surface area contributed by atoms with Gasteiger partial charge in [-0.2, -0.15) is 4.98 Å². The molecule has 12 heteroatoms. The van der Waals surface area contributed by atoms with Crippen LogP contribution in [0, 0.1) is 0 Å². The molecule has 6 rings (SSSR count). The van der Waals surface area contributed by atoms with Gasteiger partial charge in [-0.3, -0.25) is 14.4 Å². The van der Waals surface area contributed by atoms with E-state index in [1.807, 2.05) is 54.6 Å². The molecule has 11 nitrogen and oxygen atoms in total.